The molecule has 158 valence electrons. The fourth-order valence-corrected chi connectivity index (χ4v) is 4.81. The number of hydrogen-bond acceptors (Lipinski definition) is 8. The molecule has 1 N–H and O–H groups in total. The Morgan fingerprint density at radius 3 is 2.13 bits per heavy atom. The van der Waals surface area contributed by atoms with Crippen molar-refractivity contribution in [2.24, 2.45) is 11.8 Å². The predicted octanol–water partition coefficient (Wildman–Crippen LogP) is 2.41. The summed E-state index contributed by atoms with van der Waals surface area (Å²) in [5.74, 6) is 0.989. The molecule has 2 aliphatic heterocycles. The van der Waals surface area contributed by atoms with Gasteiger partial charge in [-0.1, -0.05) is 0 Å². The number of hydrogen-bond donors (Lipinski definition) is 1. The number of aliphatic hydroxyl groups excluding tert-OH is 1. The zero-order valence-corrected chi connectivity index (χ0v) is 16.8. The van der Waals surface area contributed by atoms with E-state index in [1.165, 1.54) is 7.11 Å². The number of carbonyl (C=O) groups excluding carboxylic acids is 1. The van der Waals surface area contributed by atoms with E-state index in [4.69, 9.17) is 28.4 Å². The van der Waals surface area contributed by atoms with Crippen LogP contribution in [0.4, 0.5) is 0 Å². The molecule has 0 amide bonds. The molecule has 1 fully saturated rings. The molecule has 30 heavy (non-hydrogen) atoms. The van der Waals surface area contributed by atoms with Gasteiger partial charge in [-0.05, 0) is 41.0 Å². The van der Waals surface area contributed by atoms with E-state index in [0.29, 0.717) is 34.3 Å². The van der Waals surface area contributed by atoms with E-state index in [9.17, 15) is 9.90 Å². The zero-order chi connectivity index (χ0) is 21.0. The Kier molecular flexibility index (Phi) is 4.39. The lowest BCUT2D eigenvalue weighted by Gasteiger charge is -2.37. The predicted molar refractivity (Wildman–Crippen MR) is 103 cm³/mol. The van der Waals surface area contributed by atoms with Crippen LogP contribution in [0.2, 0.25) is 0 Å². The molecule has 3 aliphatic rings. The summed E-state index contributed by atoms with van der Waals surface area (Å²) in [6.45, 7) is 0.289. The lowest BCUT2D eigenvalue weighted by Crippen LogP contribution is -2.34. The first-order valence-electron chi connectivity index (χ1n) is 9.65. The first-order chi connectivity index (χ1) is 14.6. The highest BCUT2D eigenvalue weighted by molar-refractivity contribution is 5.79. The van der Waals surface area contributed by atoms with Gasteiger partial charge in [-0.2, -0.15) is 0 Å². The van der Waals surface area contributed by atoms with Crippen molar-refractivity contribution in [2.75, 3.05) is 34.7 Å². The maximum Gasteiger partial charge on any atom is 0.310 e. The van der Waals surface area contributed by atoms with Crippen LogP contribution in [0.5, 0.6) is 28.7 Å². The Morgan fingerprint density at radius 2 is 1.53 bits per heavy atom. The molecule has 4 atom stereocenters. The van der Waals surface area contributed by atoms with Gasteiger partial charge in [-0.25, -0.2) is 0 Å². The third-order valence-corrected chi connectivity index (χ3v) is 6.19. The molecule has 0 bridgehead atoms. The van der Waals surface area contributed by atoms with Crippen LogP contribution >= 0.6 is 0 Å². The van der Waals surface area contributed by atoms with Gasteiger partial charge in [0.25, 0.3) is 0 Å². The van der Waals surface area contributed by atoms with Crippen LogP contribution < -0.4 is 23.7 Å². The third kappa shape index (κ3) is 2.60. The van der Waals surface area contributed by atoms with Gasteiger partial charge >= 0.3 is 5.97 Å². The van der Waals surface area contributed by atoms with Crippen molar-refractivity contribution in [3.05, 3.63) is 41.0 Å². The van der Waals surface area contributed by atoms with Crippen LogP contribution in [0.1, 0.15) is 28.7 Å². The van der Waals surface area contributed by atoms with Gasteiger partial charge in [0, 0.05) is 11.8 Å². The summed E-state index contributed by atoms with van der Waals surface area (Å²) >= 11 is 0. The molecule has 2 heterocycles. The monoisotopic (exact) mass is 414 g/mol. The van der Waals surface area contributed by atoms with Gasteiger partial charge in [0.2, 0.25) is 12.5 Å². The molecule has 5 rings (SSSR count). The SMILES string of the molecule is COc1cc(C2c3cc4c(cc3[C@H](O)[C@H]3COC(=O)[C@H]23)OCO4)cc(OC)c1OC. The second-order valence-corrected chi connectivity index (χ2v) is 7.54. The van der Waals surface area contributed by atoms with Gasteiger partial charge < -0.3 is 33.5 Å². The maximum atomic E-state index is 12.7. The number of benzene rings is 2. The quantitative estimate of drug-likeness (QED) is 0.763. The molecule has 0 radical (unpaired) electrons. The summed E-state index contributed by atoms with van der Waals surface area (Å²) in [6.07, 6.45) is -0.843. The van der Waals surface area contributed by atoms with Crippen LogP contribution in [0.15, 0.2) is 24.3 Å². The average molecular weight is 414 g/mol. The van der Waals surface area contributed by atoms with Crippen molar-refractivity contribution in [1.82, 2.24) is 0 Å². The van der Waals surface area contributed by atoms with Gasteiger partial charge in [0.15, 0.2) is 23.0 Å². The van der Waals surface area contributed by atoms with E-state index in [1.54, 1.807) is 20.3 Å². The second-order valence-electron chi connectivity index (χ2n) is 7.54. The smallest absolute Gasteiger partial charge is 0.310 e. The minimum Gasteiger partial charge on any atom is -0.493 e. The molecule has 8 heteroatoms. The van der Waals surface area contributed by atoms with Gasteiger partial charge in [-0.3, -0.25) is 4.79 Å². The molecule has 0 spiro atoms. The zero-order valence-electron chi connectivity index (χ0n) is 16.8. The fraction of sp³-hybridized carbons (Fsp3) is 0.409. The lowest BCUT2D eigenvalue weighted by atomic mass is 9.66. The normalized spacial score (nSPS) is 25.9. The number of ether oxygens (including phenoxy) is 6. The number of carbonyl (C=O) groups is 1. The number of methoxy groups -OCH3 is 3. The van der Waals surface area contributed by atoms with E-state index in [0.717, 1.165) is 11.1 Å². The lowest BCUT2D eigenvalue weighted by molar-refractivity contribution is -0.141. The minimum absolute atomic E-state index is 0.123. The number of fused-ring (bicyclic) bond motifs is 3. The standard InChI is InChI=1S/C22H22O8/c1-25-16-4-10(5-17(26-2)21(16)27-3)18-11-6-14-15(30-9-29-14)7-12(11)20(23)13-8-28-22(24)19(13)18/h4-7,13,18-20,23H,8-9H2,1-3H3/t13-,18?,19-,20-/m0/s1. The molecule has 8 nitrogen and oxygen atoms in total. The Morgan fingerprint density at radius 1 is 0.900 bits per heavy atom. The molecule has 0 saturated carbocycles. The summed E-state index contributed by atoms with van der Waals surface area (Å²) < 4.78 is 32.9. The maximum absolute atomic E-state index is 12.7. The molecule has 1 aliphatic carbocycles. The Hall–Kier alpha value is -3.13. The van der Waals surface area contributed by atoms with Crippen molar-refractivity contribution in [2.45, 2.75) is 12.0 Å². The van der Waals surface area contributed by atoms with Crippen LogP contribution in [-0.4, -0.2) is 45.8 Å². The molecule has 0 aromatic heterocycles. The molecular formula is C22H22O8. The highest BCUT2D eigenvalue weighted by Gasteiger charge is 2.52. The second kappa shape index (κ2) is 6.98. The van der Waals surface area contributed by atoms with E-state index >= 15 is 0 Å². The van der Waals surface area contributed by atoms with Crippen molar-refractivity contribution in [3.63, 3.8) is 0 Å². The Bertz CT molecular complexity index is 991. The highest BCUT2D eigenvalue weighted by atomic mass is 16.7. The van der Waals surface area contributed by atoms with Crippen LogP contribution in [0.3, 0.4) is 0 Å². The largest absolute Gasteiger partial charge is 0.493 e. The summed E-state index contributed by atoms with van der Waals surface area (Å²) in [5, 5.41) is 11.0. The van der Waals surface area contributed by atoms with Crippen molar-refractivity contribution >= 4 is 5.97 Å². The molecule has 1 saturated heterocycles. The van der Waals surface area contributed by atoms with Crippen molar-refractivity contribution in [3.8, 4) is 28.7 Å². The number of esters is 1. The van der Waals surface area contributed by atoms with Crippen molar-refractivity contribution < 1.29 is 38.3 Å². The highest BCUT2D eigenvalue weighted by Crippen LogP contribution is 2.55. The van der Waals surface area contributed by atoms with E-state index in [1.807, 2.05) is 18.2 Å². The van der Waals surface area contributed by atoms with Crippen molar-refractivity contribution in [1.29, 1.82) is 0 Å². The fourth-order valence-electron chi connectivity index (χ4n) is 4.81. The topological polar surface area (TPSA) is 92.7 Å². The molecule has 2 aromatic rings. The Balaban J connectivity index is 1.74. The van der Waals surface area contributed by atoms with E-state index in [-0.39, 0.29) is 31.2 Å². The van der Waals surface area contributed by atoms with Gasteiger partial charge in [0.1, 0.15) is 0 Å². The first kappa shape index (κ1) is 18.9. The first-order valence-corrected chi connectivity index (χ1v) is 9.65. The summed E-state index contributed by atoms with van der Waals surface area (Å²) in [6, 6.07) is 7.31. The van der Waals surface area contributed by atoms with Crippen LogP contribution in [0.25, 0.3) is 0 Å². The van der Waals surface area contributed by atoms with Gasteiger partial charge in [-0.15, -0.1) is 0 Å². The molecular weight excluding hydrogens is 392 g/mol. The average Bonchev–Trinajstić information content (AvgIpc) is 3.38. The summed E-state index contributed by atoms with van der Waals surface area (Å²) in [4.78, 5) is 12.7. The van der Waals surface area contributed by atoms with Crippen LogP contribution in [-0.2, 0) is 9.53 Å². The molecule has 2 aromatic carbocycles. The minimum atomic E-state index is -0.843. The van der Waals surface area contributed by atoms with Crippen LogP contribution in [0, 0.1) is 11.8 Å². The summed E-state index contributed by atoms with van der Waals surface area (Å²) in [5.41, 5.74) is 2.30. The number of aliphatic hydroxyl groups is 1. The summed E-state index contributed by atoms with van der Waals surface area (Å²) in [7, 11) is 4.63. The molecule has 1 unspecified atom stereocenters. The van der Waals surface area contributed by atoms with E-state index < -0.39 is 12.0 Å². The number of cyclic esters (lactones) is 1. The number of rotatable bonds is 4. The van der Waals surface area contributed by atoms with Gasteiger partial charge in [0.05, 0.1) is 40.0 Å². The Labute approximate surface area is 173 Å². The van der Waals surface area contributed by atoms with E-state index in [2.05, 4.69) is 0 Å². The third-order valence-electron chi connectivity index (χ3n) is 6.19.